The lowest BCUT2D eigenvalue weighted by molar-refractivity contribution is -0.384. The van der Waals surface area contributed by atoms with Crippen molar-refractivity contribution in [1.29, 1.82) is 0 Å². The Balaban J connectivity index is 1.96. The zero-order valence-electron chi connectivity index (χ0n) is 15.1. The predicted octanol–water partition coefficient (Wildman–Crippen LogP) is 1.79. The largest absolute Gasteiger partial charge is 0.465 e. The fourth-order valence-electron chi connectivity index (χ4n) is 3.36. The maximum atomic E-state index is 12.7. The summed E-state index contributed by atoms with van der Waals surface area (Å²) in [5, 5.41) is 13.6. The summed E-state index contributed by atoms with van der Waals surface area (Å²) in [6.45, 7) is 3.40. The number of carbonyl (C=O) groups is 2. The van der Waals surface area contributed by atoms with Gasteiger partial charge in [0.1, 0.15) is 6.04 Å². The number of ether oxygens (including phenoxy) is 1. The Hall–Kier alpha value is -2.97. The van der Waals surface area contributed by atoms with Crippen molar-refractivity contribution >= 4 is 23.5 Å². The average molecular weight is 374 g/mol. The van der Waals surface area contributed by atoms with E-state index in [1.165, 1.54) is 24.3 Å². The molecule has 27 heavy (non-hydrogen) atoms. The Morgan fingerprint density at radius 1 is 1.30 bits per heavy atom. The Labute approximate surface area is 156 Å². The molecule has 2 heterocycles. The Morgan fingerprint density at radius 2 is 1.96 bits per heavy atom. The fourth-order valence-corrected chi connectivity index (χ4v) is 3.36. The lowest BCUT2D eigenvalue weighted by atomic mass is 9.91. The molecule has 0 unspecified atom stereocenters. The van der Waals surface area contributed by atoms with E-state index in [2.05, 4.69) is 10.3 Å². The topological polar surface area (TPSA) is 114 Å². The molecule has 9 nitrogen and oxygen atoms in total. The number of rotatable bonds is 4. The van der Waals surface area contributed by atoms with Crippen LogP contribution in [0.5, 0.6) is 0 Å². The number of non-ortho nitro benzene ring substituents is 1. The summed E-state index contributed by atoms with van der Waals surface area (Å²) in [4.78, 5) is 42.1. The third-order valence-corrected chi connectivity index (χ3v) is 4.74. The minimum atomic E-state index is -1.13. The van der Waals surface area contributed by atoms with E-state index in [1.54, 1.807) is 6.92 Å². The molecule has 144 valence electrons. The van der Waals surface area contributed by atoms with Crippen molar-refractivity contribution in [2.45, 2.75) is 32.2 Å². The normalized spacial score (nSPS) is 22.6. The maximum absolute atomic E-state index is 12.7. The molecule has 1 amide bonds. The Bertz CT molecular complexity index is 756. The summed E-state index contributed by atoms with van der Waals surface area (Å²) in [7, 11) is 0. The molecule has 2 aliphatic heterocycles. The highest BCUT2D eigenvalue weighted by Gasteiger charge is 2.42. The zero-order valence-corrected chi connectivity index (χ0v) is 15.1. The van der Waals surface area contributed by atoms with Crippen molar-refractivity contribution in [3.8, 4) is 0 Å². The second kappa shape index (κ2) is 8.15. The van der Waals surface area contributed by atoms with Crippen LogP contribution in [-0.2, 0) is 14.3 Å². The standard InChI is InChI=1S/C18H22N4O5/c1-2-27-17(24)14-15(12-6-8-13(9-7-12)22(25)26)19-18(20-16(14)23)21-10-4-3-5-11-21/h6-9,14-15H,2-5,10-11H2,1H3,(H,19,20,23)/t14-,15-/m1/s1. The number of nitrogens with zero attached hydrogens (tertiary/aromatic N) is 3. The highest BCUT2D eigenvalue weighted by Crippen LogP contribution is 2.32. The van der Waals surface area contributed by atoms with Gasteiger partial charge in [0.2, 0.25) is 11.9 Å². The number of hydrogen-bond acceptors (Lipinski definition) is 7. The second-order valence-corrected chi connectivity index (χ2v) is 6.51. The molecule has 0 radical (unpaired) electrons. The van der Waals surface area contributed by atoms with E-state index in [4.69, 9.17) is 4.74 Å². The van der Waals surface area contributed by atoms with E-state index < -0.39 is 28.8 Å². The summed E-state index contributed by atoms with van der Waals surface area (Å²) in [6.07, 6.45) is 3.16. The molecule has 2 aliphatic rings. The average Bonchev–Trinajstić information content (AvgIpc) is 2.68. The number of benzene rings is 1. The van der Waals surface area contributed by atoms with Crippen LogP contribution in [0.4, 0.5) is 5.69 Å². The van der Waals surface area contributed by atoms with Gasteiger partial charge in [0.15, 0.2) is 5.92 Å². The number of carbonyl (C=O) groups excluding carboxylic acids is 2. The first kappa shape index (κ1) is 18.8. The molecule has 0 aromatic heterocycles. The molecule has 0 saturated carbocycles. The number of hydrogen-bond donors (Lipinski definition) is 1. The summed E-state index contributed by atoms with van der Waals surface area (Å²) in [5.41, 5.74) is 0.495. The Kier molecular flexibility index (Phi) is 5.68. The van der Waals surface area contributed by atoms with Crippen LogP contribution < -0.4 is 5.32 Å². The van der Waals surface area contributed by atoms with E-state index in [9.17, 15) is 19.7 Å². The van der Waals surface area contributed by atoms with Gasteiger partial charge in [-0.05, 0) is 31.7 Å². The molecule has 1 aromatic rings. The first-order chi connectivity index (χ1) is 13.0. The molecule has 1 fully saturated rings. The van der Waals surface area contributed by atoms with Gasteiger partial charge in [-0.15, -0.1) is 0 Å². The van der Waals surface area contributed by atoms with Crippen LogP contribution in [0, 0.1) is 16.0 Å². The summed E-state index contributed by atoms with van der Waals surface area (Å²) < 4.78 is 5.06. The van der Waals surface area contributed by atoms with Gasteiger partial charge in [0, 0.05) is 25.2 Å². The van der Waals surface area contributed by atoms with Crippen molar-refractivity contribution < 1.29 is 19.2 Å². The van der Waals surface area contributed by atoms with Gasteiger partial charge in [0.05, 0.1) is 11.5 Å². The highest BCUT2D eigenvalue weighted by atomic mass is 16.6. The number of piperidine rings is 1. The summed E-state index contributed by atoms with van der Waals surface area (Å²) >= 11 is 0. The van der Waals surface area contributed by atoms with Crippen molar-refractivity contribution in [3.05, 3.63) is 39.9 Å². The van der Waals surface area contributed by atoms with Crippen LogP contribution in [0.2, 0.25) is 0 Å². The third-order valence-electron chi connectivity index (χ3n) is 4.74. The third kappa shape index (κ3) is 4.07. The SMILES string of the molecule is CCOC(=O)[C@H]1C(=O)NC(N2CCCCC2)=N[C@@H]1c1ccc([N+](=O)[O-])cc1. The van der Waals surface area contributed by atoms with Crippen LogP contribution >= 0.6 is 0 Å². The van der Waals surface area contributed by atoms with Crippen LogP contribution in [0.1, 0.15) is 37.8 Å². The second-order valence-electron chi connectivity index (χ2n) is 6.51. The van der Waals surface area contributed by atoms with Gasteiger partial charge in [-0.2, -0.15) is 0 Å². The van der Waals surface area contributed by atoms with Crippen LogP contribution in [-0.4, -0.2) is 47.4 Å². The van der Waals surface area contributed by atoms with E-state index in [1.807, 2.05) is 4.90 Å². The van der Waals surface area contributed by atoms with Crippen molar-refractivity contribution in [1.82, 2.24) is 10.2 Å². The monoisotopic (exact) mass is 374 g/mol. The first-order valence-corrected chi connectivity index (χ1v) is 9.06. The number of guanidine groups is 1. The quantitative estimate of drug-likeness (QED) is 0.372. The highest BCUT2D eigenvalue weighted by molar-refractivity contribution is 6.08. The van der Waals surface area contributed by atoms with Crippen LogP contribution in [0.3, 0.4) is 0 Å². The van der Waals surface area contributed by atoms with Crippen LogP contribution in [0.15, 0.2) is 29.3 Å². The van der Waals surface area contributed by atoms with E-state index >= 15 is 0 Å². The number of amides is 1. The summed E-state index contributed by atoms with van der Waals surface area (Å²) in [6, 6.07) is 4.98. The predicted molar refractivity (Wildman–Crippen MR) is 97.0 cm³/mol. The van der Waals surface area contributed by atoms with Crippen LogP contribution in [0.25, 0.3) is 0 Å². The molecule has 2 atom stereocenters. The molecule has 1 N–H and O–H groups in total. The maximum Gasteiger partial charge on any atom is 0.321 e. The number of nitrogens with one attached hydrogen (secondary N) is 1. The van der Waals surface area contributed by atoms with Gasteiger partial charge < -0.3 is 9.64 Å². The minimum absolute atomic E-state index is 0.0630. The lowest BCUT2D eigenvalue weighted by Crippen LogP contribution is -2.53. The number of esters is 1. The van der Waals surface area contributed by atoms with Crippen molar-refractivity contribution in [2.75, 3.05) is 19.7 Å². The molecule has 3 rings (SSSR count). The van der Waals surface area contributed by atoms with Gasteiger partial charge in [-0.1, -0.05) is 12.1 Å². The fraction of sp³-hybridized carbons (Fsp3) is 0.500. The molecule has 9 heteroatoms. The lowest BCUT2D eigenvalue weighted by Gasteiger charge is -2.35. The van der Waals surface area contributed by atoms with E-state index in [0.29, 0.717) is 11.5 Å². The van der Waals surface area contributed by atoms with Gasteiger partial charge in [0.25, 0.3) is 5.69 Å². The molecular weight excluding hydrogens is 352 g/mol. The smallest absolute Gasteiger partial charge is 0.321 e. The zero-order chi connectivity index (χ0) is 19.4. The molecule has 1 aromatic carbocycles. The molecule has 0 aliphatic carbocycles. The Morgan fingerprint density at radius 3 is 2.56 bits per heavy atom. The van der Waals surface area contributed by atoms with Gasteiger partial charge in [-0.3, -0.25) is 25.0 Å². The van der Waals surface area contributed by atoms with Crippen molar-refractivity contribution in [3.63, 3.8) is 0 Å². The molecular formula is C18H22N4O5. The number of nitro groups is 1. The van der Waals surface area contributed by atoms with Gasteiger partial charge in [-0.25, -0.2) is 4.99 Å². The van der Waals surface area contributed by atoms with E-state index in [-0.39, 0.29) is 12.3 Å². The van der Waals surface area contributed by atoms with Crippen molar-refractivity contribution in [2.24, 2.45) is 10.9 Å². The molecule has 0 bridgehead atoms. The van der Waals surface area contributed by atoms with E-state index in [0.717, 1.165) is 32.4 Å². The number of nitro benzene ring substituents is 1. The molecule has 0 spiro atoms. The summed E-state index contributed by atoms with van der Waals surface area (Å²) in [5.74, 6) is -1.80. The molecule has 1 saturated heterocycles. The van der Waals surface area contributed by atoms with Gasteiger partial charge >= 0.3 is 5.97 Å². The first-order valence-electron chi connectivity index (χ1n) is 9.06. The number of aliphatic imine (C=N–C) groups is 1. The number of likely N-dealkylation sites (tertiary alicyclic amines) is 1. The minimum Gasteiger partial charge on any atom is -0.465 e.